The summed E-state index contributed by atoms with van der Waals surface area (Å²) >= 11 is 0. The third-order valence-electron chi connectivity index (χ3n) is 8.11. The quantitative estimate of drug-likeness (QED) is 0.270. The fourth-order valence-corrected chi connectivity index (χ4v) is 6.98. The number of rotatable bonds is 1. The molecule has 2 nitrogen and oxygen atoms in total. The minimum Gasteiger partial charge on any atom is -0.375 e. The number of aromatic nitrogens is 1. The van der Waals surface area contributed by atoms with Crippen molar-refractivity contribution in [2.75, 3.05) is 4.90 Å². The van der Waals surface area contributed by atoms with Crippen molar-refractivity contribution in [3.63, 3.8) is 0 Å². The van der Waals surface area contributed by atoms with Crippen molar-refractivity contribution >= 4 is 56.6 Å². The van der Waals surface area contributed by atoms with Gasteiger partial charge >= 0.3 is 6.85 Å². The molecular weight excluding hydrogens is 411 g/mol. The summed E-state index contributed by atoms with van der Waals surface area (Å²) in [5.41, 5.74) is 16.2. The highest BCUT2D eigenvalue weighted by Gasteiger charge is 2.46. The third-order valence-corrected chi connectivity index (χ3v) is 8.11. The Morgan fingerprint density at radius 1 is 0.559 bits per heavy atom. The van der Waals surface area contributed by atoms with Crippen molar-refractivity contribution in [3.05, 3.63) is 103 Å². The van der Waals surface area contributed by atoms with E-state index in [4.69, 9.17) is 0 Å². The van der Waals surface area contributed by atoms with Gasteiger partial charge in [-0.2, -0.15) is 0 Å². The van der Waals surface area contributed by atoms with Gasteiger partial charge in [-0.25, -0.2) is 0 Å². The molecule has 0 unspecified atom stereocenters. The van der Waals surface area contributed by atoms with Crippen LogP contribution in [0.2, 0.25) is 0 Å². The summed E-state index contributed by atoms with van der Waals surface area (Å²) in [6, 6.07) is 36.2. The van der Waals surface area contributed by atoms with Crippen molar-refractivity contribution in [2.24, 2.45) is 0 Å². The third kappa shape index (κ3) is 1.78. The molecule has 3 heteroatoms. The van der Waals surface area contributed by atoms with E-state index in [9.17, 15) is 0 Å². The molecule has 0 spiro atoms. The largest absolute Gasteiger partial charge is 0.375 e. The fraction of sp³-hybridized carbons (Fsp3) is 0.0323. The molecule has 4 heterocycles. The highest BCUT2D eigenvalue weighted by atomic mass is 15.2. The molecule has 3 aliphatic rings. The Balaban J connectivity index is 1.58. The summed E-state index contributed by atoms with van der Waals surface area (Å²) in [5.74, 6) is 0. The van der Waals surface area contributed by atoms with Gasteiger partial charge in [0.1, 0.15) is 0 Å². The van der Waals surface area contributed by atoms with E-state index in [1.54, 1.807) is 0 Å². The van der Waals surface area contributed by atoms with Crippen LogP contribution in [0.25, 0.3) is 44.1 Å². The first kappa shape index (κ1) is 17.3. The van der Waals surface area contributed by atoms with Crippen LogP contribution in [0.3, 0.4) is 0 Å². The summed E-state index contributed by atoms with van der Waals surface area (Å²) in [6.45, 7) is 2.43. The molecule has 3 aliphatic heterocycles. The van der Waals surface area contributed by atoms with Crippen molar-refractivity contribution in [1.29, 1.82) is 0 Å². The first-order chi connectivity index (χ1) is 16.8. The van der Waals surface area contributed by atoms with Crippen LogP contribution in [0.15, 0.2) is 97.1 Å². The maximum atomic E-state index is 2.66. The molecule has 9 rings (SSSR count). The number of fused-ring (bicyclic) bond motifs is 3. The lowest BCUT2D eigenvalue weighted by Gasteiger charge is -2.43. The zero-order valence-corrected chi connectivity index (χ0v) is 18.7. The van der Waals surface area contributed by atoms with Gasteiger partial charge < -0.3 is 9.38 Å². The lowest BCUT2D eigenvalue weighted by Crippen LogP contribution is -2.58. The van der Waals surface area contributed by atoms with E-state index < -0.39 is 0 Å². The van der Waals surface area contributed by atoms with E-state index in [0.29, 0.717) is 0 Å². The normalized spacial score (nSPS) is 13.9. The van der Waals surface area contributed by atoms with Crippen molar-refractivity contribution in [1.82, 2.24) is 4.48 Å². The topological polar surface area (TPSA) is 8.17 Å². The average molecular weight is 430 g/mol. The Kier molecular flexibility index (Phi) is 2.86. The number of aryl methyl sites for hydroxylation is 1. The number of nitrogens with zero attached hydrogens (tertiary/aromatic N) is 2. The SMILES string of the molecule is Cc1cc2c3c(c1)c1cccc4c1n3B1c3c-4cccc3N(c3ccccc3)c3cccc-2c31. The van der Waals surface area contributed by atoms with E-state index in [2.05, 4.69) is 113 Å². The van der Waals surface area contributed by atoms with Gasteiger partial charge in [0, 0.05) is 50.0 Å². The highest BCUT2D eigenvalue weighted by molar-refractivity contribution is 6.91. The molecule has 5 aromatic carbocycles. The summed E-state index contributed by atoms with van der Waals surface area (Å²) in [6.07, 6.45) is 0. The molecular formula is C31H19BN2. The predicted molar refractivity (Wildman–Crippen MR) is 144 cm³/mol. The molecule has 0 fully saturated rings. The van der Waals surface area contributed by atoms with Gasteiger partial charge in [0.15, 0.2) is 0 Å². The van der Waals surface area contributed by atoms with E-state index in [-0.39, 0.29) is 6.85 Å². The molecule has 156 valence electrons. The fourth-order valence-electron chi connectivity index (χ4n) is 6.98. The van der Waals surface area contributed by atoms with Gasteiger partial charge in [-0.15, -0.1) is 0 Å². The second-order valence-electron chi connectivity index (χ2n) is 9.83. The zero-order valence-electron chi connectivity index (χ0n) is 18.7. The van der Waals surface area contributed by atoms with Crippen LogP contribution < -0.4 is 15.8 Å². The lowest BCUT2D eigenvalue weighted by molar-refractivity contribution is 1.24. The van der Waals surface area contributed by atoms with Crippen molar-refractivity contribution in [3.8, 4) is 22.3 Å². The monoisotopic (exact) mass is 430 g/mol. The maximum absolute atomic E-state index is 2.66. The standard InChI is InChI=1S/C31H19BN2/c1-18-16-24-21-11-7-15-27-29(21)32-28-20(10-6-14-26(28)33(27)19-8-3-2-4-9-19)22-12-5-13-23-25(17-18)31(24)34(32)30(22)23/h2-17H,1H3. The molecule has 0 saturated carbocycles. The average Bonchev–Trinajstić information content (AvgIpc) is 3.21. The predicted octanol–water partition coefficient (Wildman–Crippen LogP) is 6.50. The van der Waals surface area contributed by atoms with Crippen LogP contribution in [0.4, 0.5) is 17.1 Å². The van der Waals surface area contributed by atoms with E-state index in [1.165, 1.54) is 77.6 Å². The number of benzene rings is 5. The Bertz CT molecular complexity index is 1880. The lowest BCUT2D eigenvalue weighted by atomic mass is 9.43. The molecule has 0 saturated heterocycles. The van der Waals surface area contributed by atoms with Crippen LogP contribution in [0, 0.1) is 6.92 Å². The van der Waals surface area contributed by atoms with Crippen LogP contribution >= 0.6 is 0 Å². The second kappa shape index (κ2) is 5.63. The highest BCUT2D eigenvalue weighted by Crippen LogP contribution is 2.49. The summed E-state index contributed by atoms with van der Waals surface area (Å²) in [4.78, 5) is 2.47. The minimum absolute atomic E-state index is 0.197. The first-order valence-corrected chi connectivity index (χ1v) is 12.0. The van der Waals surface area contributed by atoms with E-state index in [1.807, 2.05) is 0 Å². The van der Waals surface area contributed by atoms with E-state index in [0.717, 1.165) is 0 Å². The summed E-state index contributed by atoms with van der Waals surface area (Å²) in [5, 5.41) is 2.75. The molecule has 0 atom stereocenters. The Morgan fingerprint density at radius 3 is 1.97 bits per heavy atom. The van der Waals surface area contributed by atoms with E-state index >= 15 is 0 Å². The van der Waals surface area contributed by atoms with Gasteiger partial charge in [-0.3, -0.25) is 0 Å². The maximum Gasteiger partial charge on any atom is 0.333 e. The van der Waals surface area contributed by atoms with Crippen LogP contribution in [0.1, 0.15) is 5.56 Å². The number of anilines is 3. The summed E-state index contributed by atoms with van der Waals surface area (Å²) < 4.78 is 2.66. The molecule has 6 aromatic rings. The van der Waals surface area contributed by atoms with Crippen molar-refractivity contribution < 1.29 is 0 Å². The summed E-state index contributed by atoms with van der Waals surface area (Å²) in [7, 11) is 0. The van der Waals surface area contributed by atoms with Gasteiger partial charge in [0.05, 0.1) is 0 Å². The van der Waals surface area contributed by atoms with Gasteiger partial charge in [0.2, 0.25) is 0 Å². The Morgan fingerprint density at radius 2 is 1.21 bits per heavy atom. The van der Waals surface area contributed by atoms with Gasteiger partial charge in [-0.05, 0) is 70.9 Å². The van der Waals surface area contributed by atoms with Crippen molar-refractivity contribution in [2.45, 2.75) is 6.92 Å². The smallest absolute Gasteiger partial charge is 0.333 e. The zero-order chi connectivity index (χ0) is 22.1. The van der Waals surface area contributed by atoms with Gasteiger partial charge in [-0.1, -0.05) is 60.7 Å². The number of hydrogen-bond donors (Lipinski definition) is 0. The number of para-hydroxylation sites is 2. The Labute approximate surface area is 197 Å². The molecule has 34 heavy (non-hydrogen) atoms. The second-order valence-corrected chi connectivity index (χ2v) is 9.83. The molecule has 0 aliphatic carbocycles. The molecule has 0 bridgehead atoms. The van der Waals surface area contributed by atoms with Crippen LogP contribution in [-0.2, 0) is 0 Å². The van der Waals surface area contributed by atoms with Crippen LogP contribution in [0.5, 0.6) is 0 Å². The molecule has 1 aromatic heterocycles. The first-order valence-electron chi connectivity index (χ1n) is 12.0. The minimum atomic E-state index is 0.197. The van der Waals surface area contributed by atoms with Crippen LogP contribution in [-0.4, -0.2) is 11.3 Å². The molecule has 0 N–H and O–H groups in total. The Hall–Kier alpha value is -4.24. The molecule has 0 radical (unpaired) electrons. The molecule has 0 amide bonds. The number of hydrogen-bond acceptors (Lipinski definition) is 1. The van der Waals surface area contributed by atoms with Gasteiger partial charge in [0.25, 0.3) is 0 Å².